The van der Waals surface area contributed by atoms with E-state index < -0.39 is 29.0 Å². The number of phenolic OH excluding ortho intramolecular Hbond substituents is 2. The van der Waals surface area contributed by atoms with Gasteiger partial charge in [-0.3, -0.25) is 9.59 Å². The monoisotopic (exact) mass is 466 g/mol. The number of nitrogens with two attached hydrogens (primary N) is 2. The molecule has 1 aliphatic carbocycles. The van der Waals surface area contributed by atoms with Gasteiger partial charge in [0, 0.05) is 16.9 Å². The van der Waals surface area contributed by atoms with Gasteiger partial charge in [-0.15, -0.1) is 0 Å². The van der Waals surface area contributed by atoms with Crippen LogP contribution in [0.1, 0.15) is 42.2 Å². The Bertz CT molecular complexity index is 1540. The third-order valence-electron chi connectivity index (χ3n) is 5.84. The van der Waals surface area contributed by atoms with Crippen LogP contribution in [0.2, 0.25) is 0 Å². The third kappa shape index (κ3) is 3.44. The van der Waals surface area contributed by atoms with Crippen LogP contribution in [-0.4, -0.2) is 27.7 Å². The van der Waals surface area contributed by atoms with Gasteiger partial charge in [-0.1, -0.05) is 30.3 Å². The molecule has 0 saturated carbocycles. The normalized spacial score (nSPS) is 12.1. The fraction of sp³-hybridized carbons (Fsp3) is 0. The molecular formula is C27H18N2O6. The summed E-state index contributed by atoms with van der Waals surface area (Å²) < 4.78 is 5.37. The molecule has 4 aromatic rings. The molecule has 0 aromatic heterocycles. The van der Waals surface area contributed by atoms with Gasteiger partial charge in [0.1, 0.15) is 17.2 Å². The molecule has 8 nitrogen and oxygen atoms in total. The van der Waals surface area contributed by atoms with Gasteiger partial charge in [0.2, 0.25) is 11.6 Å². The molecule has 6 N–H and O–H groups in total. The van der Waals surface area contributed by atoms with E-state index >= 15 is 0 Å². The fourth-order valence-corrected chi connectivity index (χ4v) is 4.15. The van der Waals surface area contributed by atoms with Crippen LogP contribution in [0.4, 0.5) is 11.4 Å². The fourth-order valence-electron chi connectivity index (χ4n) is 4.15. The lowest BCUT2D eigenvalue weighted by atomic mass is 9.80. The molecule has 1 aliphatic rings. The number of phenols is 2. The highest BCUT2D eigenvalue weighted by atomic mass is 16.5. The number of hydrogen-bond donors (Lipinski definition) is 4. The molecule has 0 heterocycles. The second-order valence-corrected chi connectivity index (χ2v) is 7.97. The lowest BCUT2D eigenvalue weighted by molar-refractivity contribution is 0.0734. The number of esters is 1. The first-order chi connectivity index (χ1) is 16.8. The van der Waals surface area contributed by atoms with Crippen molar-refractivity contribution in [3.05, 3.63) is 101 Å². The van der Waals surface area contributed by atoms with Gasteiger partial charge < -0.3 is 26.4 Å². The van der Waals surface area contributed by atoms with E-state index in [1.165, 1.54) is 30.3 Å². The number of rotatable bonds is 3. The molecule has 0 radical (unpaired) electrons. The van der Waals surface area contributed by atoms with E-state index in [0.29, 0.717) is 11.1 Å². The minimum Gasteiger partial charge on any atom is -0.507 e. The van der Waals surface area contributed by atoms with Crippen LogP contribution >= 0.6 is 0 Å². The number of carbonyl (C=O) groups is 3. The summed E-state index contributed by atoms with van der Waals surface area (Å²) in [6.07, 6.45) is 0. The van der Waals surface area contributed by atoms with Crippen molar-refractivity contribution in [2.45, 2.75) is 0 Å². The molecule has 0 unspecified atom stereocenters. The Morgan fingerprint density at radius 2 is 1.34 bits per heavy atom. The molecule has 0 bridgehead atoms. The molecule has 4 aromatic carbocycles. The standard InChI is InChI=1S/C27H18N2O6/c28-17-10-11-19(30)22-20(17)26(33)23-21(25(22)32)18(29)12-16(24(23)31)13-6-8-15(9-7-13)35-27(34)14-4-2-1-3-5-14/h1-12,30-31H,28-29H2. The SMILES string of the molecule is Nc1ccc(O)c2c1C(=O)c1c(O)c(-c3ccc(OC(=O)c4ccccc4)cc3)cc(N)c1C2=O. The molecule has 0 spiro atoms. The average molecular weight is 466 g/mol. The summed E-state index contributed by atoms with van der Waals surface area (Å²) in [7, 11) is 0. The molecule has 0 amide bonds. The van der Waals surface area contributed by atoms with Crippen LogP contribution in [0.3, 0.4) is 0 Å². The van der Waals surface area contributed by atoms with E-state index in [9.17, 15) is 24.6 Å². The van der Waals surface area contributed by atoms with Gasteiger partial charge in [0.25, 0.3) is 0 Å². The summed E-state index contributed by atoms with van der Waals surface area (Å²) in [5.41, 5.74) is 12.2. The first kappa shape index (κ1) is 21.7. The Morgan fingerprint density at radius 3 is 2.03 bits per heavy atom. The lowest BCUT2D eigenvalue weighted by Gasteiger charge is -2.23. The molecule has 5 rings (SSSR count). The Balaban J connectivity index is 1.54. The Labute approximate surface area is 199 Å². The second kappa shape index (κ2) is 8.03. The topological polar surface area (TPSA) is 153 Å². The second-order valence-electron chi connectivity index (χ2n) is 7.97. The predicted octanol–water partition coefficient (Wildman–Crippen LogP) is 3.92. The number of benzene rings is 4. The minimum absolute atomic E-state index is 0.00485. The van der Waals surface area contributed by atoms with E-state index in [1.54, 1.807) is 42.5 Å². The van der Waals surface area contributed by atoms with E-state index in [-0.39, 0.29) is 44.9 Å². The zero-order valence-electron chi connectivity index (χ0n) is 18.1. The molecule has 0 fully saturated rings. The van der Waals surface area contributed by atoms with Gasteiger partial charge in [0.05, 0.1) is 27.8 Å². The molecule has 0 atom stereocenters. The number of ether oxygens (including phenoxy) is 1. The maximum absolute atomic E-state index is 13.3. The lowest BCUT2D eigenvalue weighted by Crippen LogP contribution is -2.24. The Hall–Kier alpha value is -5.11. The van der Waals surface area contributed by atoms with Crippen LogP contribution in [0, 0.1) is 0 Å². The van der Waals surface area contributed by atoms with Crippen molar-refractivity contribution in [2.75, 3.05) is 11.5 Å². The number of carbonyl (C=O) groups excluding carboxylic acids is 3. The molecular weight excluding hydrogens is 448 g/mol. The van der Waals surface area contributed by atoms with Crippen LogP contribution in [-0.2, 0) is 0 Å². The maximum atomic E-state index is 13.3. The summed E-state index contributed by atoms with van der Waals surface area (Å²) in [6, 6.07) is 18.6. The van der Waals surface area contributed by atoms with Crippen molar-refractivity contribution in [1.29, 1.82) is 0 Å². The van der Waals surface area contributed by atoms with Crippen LogP contribution < -0.4 is 16.2 Å². The zero-order valence-corrected chi connectivity index (χ0v) is 18.1. The number of ketones is 2. The maximum Gasteiger partial charge on any atom is 0.343 e. The average Bonchev–Trinajstić information content (AvgIpc) is 2.86. The molecule has 172 valence electrons. The van der Waals surface area contributed by atoms with Gasteiger partial charge >= 0.3 is 5.97 Å². The van der Waals surface area contributed by atoms with E-state index in [1.807, 2.05) is 0 Å². The third-order valence-corrected chi connectivity index (χ3v) is 5.84. The quantitative estimate of drug-likeness (QED) is 0.135. The number of nitrogen functional groups attached to an aromatic ring is 2. The molecule has 0 saturated heterocycles. The molecule has 0 aliphatic heterocycles. The van der Waals surface area contributed by atoms with Crippen molar-refractivity contribution >= 4 is 28.9 Å². The van der Waals surface area contributed by atoms with Crippen molar-refractivity contribution in [3.63, 3.8) is 0 Å². The predicted molar refractivity (Wildman–Crippen MR) is 129 cm³/mol. The van der Waals surface area contributed by atoms with Gasteiger partial charge in [0.15, 0.2) is 0 Å². The summed E-state index contributed by atoms with van der Waals surface area (Å²) in [5.74, 6) is -2.53. The van der Waals surface area contributed by atoms with Crippen LogP contribution in [0.15, 0.2) is 72.8 Å². The smallest absolute Gasteiger partial charge is 0.343 e. The van der Waals surface area contributed by atoms with Gasteiger partial charge in [-0.05, 0) is 48.0 Å². The van der Waals surface area contributed by atoms with Gasteiger partial charge in [-0.2, -0.15) is 0 Å². The molecule has 8 heteroatoms. The minimum atomic E-state index is -0.720. The van der Waals surface area contributed by atoms with E-state index in [2.05, 4.69) is 0 Å². The highest BCUT2D eigenvalue weighted by Gasteiger charge is 2.38. The summed E-state index contributed by atoms with van der Waals surface area (Å²) >= 11 is 0. The van der Waals surface area contributed by atoms with Crippen molar-refractivity contribution < 1.29 is 29.3 Å². The highest BCUT2D eigenvalue weighted by molar-refractivity contribution is 6.33. The Kier molecular flexibility index (Phi) is 4.99. The van der Waals surface area contributed by atoms with E-state index in [0.717, 1.165) is 0 Å². The summed E-state index contributed by atoms with van der Waals surface area (Å²) in [6.45, 7) is 0. The van der Waals surface area contributed by atoms with Gasteiger partial charge in [-0.25, -0.2) is 4.79 Å². The first-order valence-corrected chi connectivity index (χ1v) is 10.5. The molecule has 35 heavy (non-hydrogen) atoms. The summed E-state index contributed by atoms with van der Waals surface area (Å²) in [5, 5.41) is 21.2. The van der Waals surface area contributed by atoms with Crippen molar-refractivity contribution in [2.24, 2.45) is 0 Å². The van der Waals surface area contributed by atoms with Crippen LogP contribution in [0.5, 0.6) is 17.2 Å². The first-order valence-electron chi connectivity index (χ1n) is 10.5. The number of hydrogen-bond acceptors (Lipinski definition) is 8. The Morgan fingerprint density at radius 1 is 0.714 bits per heavy atom. The largest absolute Gasteiger partial charge is 0.507 e. The number of fused-ring (bicyclic) bond motifs is 2. The van der Waals surface area contributed by atoms with E-state index in [4.69, 9.17) is 16.2 Å². The zero-order chi connectivity index (χ0) is 24.9. The van der Waals surface area contributed by atoms with Crippen molar-refractivity contribution in [1.82, 2.24) is 0 Å². The summed E-state index contributed by atoms with van der Waals surface area (Å²) in [4.78, 5) is 38.7. The van der Waals surface area contributed by atoms with Crippen molar-refractivity contribution in [3.8, 4) is 28.4 Å². The number of anilines is 2. The van der Waals surface area contributed by atoms with Crippen LogP contribution in [0.25, 0.3) is 11.1 Å². The highest BCUT2D eigenvalue weighted by Crippen LogP contribution is 2.45. The number of aromatic hydroxyl groups is 2.